The van der Waals surface area contributed by atoms with Crippen molar-refractivity contribution in [3.8, 4) is 11.5 Å². The number of ether oxygens (including phenoxy) is 2. The van der Waals surface area contributed by atoms with Gasteiger partial charge in [0.15, 0.2) is 17.1 Å². The molecule has 0 saturated carbocycles. The Hall–Kier alpha value is -3.77. The number of methoxy groups -OCH3 is 2. The molecule has 0 spiro atoms. The third-order valence-electron chi connectivity index (χ3n) is 5.28. The largest absolute Gasteiger partial charge is 0.497 e. The topological polar surface area (TPSA) is 72.7 Å². The number of nitrogens with one attached hydrogen (secondary N) is 2. The quantitative estimate of drug-likeness (QED) is 0.364. The Bertz CT molecular complexity index is 1180. The molecule has 0 aliphatic rings. The van der Waals surface area contributed by atoms with Crippen LogP contribution < -0.4 is 20.1 Å². The van der Waals surface area contributed by atoms with Crippen LogP contribution in [0.1, 0.15) is 21.7 Å². The maximum atomic E-state index is 12.8. The number of carbonyl (C=O) groups excluding carboxylic acids is 1. The number of furan rings is 1. The van der Waals surface area contributed by atoms with E-state index in [0.717, 1.165) is 29.7 Å². The van der Waals surface area contributed by atoms with Gasteiger partial charge in [-0.3, -0.25) is 4.79 Å². The molecule has 0 fully saturated rings. The average molecular weight is 431 g/mol. The minimum absolute atomic E-state index is 0.228. The van der Waals surface area contributed by atoms with E-state index in [1.807, 2.05) is 30.3 Å². The first kappa shape index (κ1) is 21.5. The number of fused-ring (bicyclic) bond motifs is 1. The molecule has 1 amide bonds. The molecule has 1 aromatic heterocycles. The summed E-state index contributed by atoms with van der Waals surface area (Å²) in [7, 11) is 3.19. The molecule has 164 valence electrons. The van der Waals surface area contributed by atoms with Crippen LogP contribution in [0.25, 0.3) is 11.0 Å². The molecule has 4 rings (SSSR count). The molecule has 32 heavy (non-hydrogen) atoms. The van der Waals surface area contributed by atoms with Gasteiger partial charge in [0.2, 0.25) is 0 Å². The van der Waals surface area contributed by atoms with Gasteiger partial charge in [0.05, 0.1) is 14.2 Å². The molecule has 2 N–H and O–H groups in total. The molecule has 1 heterocycles. The number of carbonyl (C=O) groups is 1. The smallest absolute Gasteiger partial charge is 0.291 e. The van der Waals surface area contributed by atoms with E-state index in [-0.39, 0.29) is 11.7 Å². The fraction of sp³-hybridized carbons (Fsp3) is 0.192. The number of rotatable bonds is 9. The molecular formula is C26H26N2O4. The van der Waals surface area contributed by atoms with Gasteiger partial charge in [0.1, 0.15) is 5.75 Å². The predicted molar refractivity (Wildman–Crippen MR) is 126 cm³/mol. The first-order valence-corrected chi connectivity index (χ1v) is 10.5. The molecule has 0 unspecified atom stereocenters. The second-order valence-corrected chi connectivity index (χ2v) is 7.38. The Balaban J connectivity index is 1.48. The van der Waals surface area contributed by atoms with Crippen LogP contribution in [0.3, 0.4) is 0 Å². The van der Waals surface area contributed by atoms with Crippen LogP contribution >= 0.6 is 0 Å². The van der Waals surface area contributed by atoms with Gasteiger partial charge >= 0.3 is 0 Å². The van der Waals surface area contributed by atoms with Crippen molar-refractivity contribution in [3.63, 3.8) is 0 Å². The Morgan fingerprint density at radius 3 is 2.44 bits per heavy atom. The van der Waals surface area contributed by atoms with Gasteiger partial charge in [-0.2, -0.15) is 0 Å². The van der Waals surface area contributed by atoms with Crippen LogP contribution in [0, 0.1) is 0 Å². The van der Waals surface area contributed by atoms with Crippen LogP contribution in [0.15, 0.2) is 77.2 Å². The molecule has 0 aliphatic carbocycles. The zero-order chi connectivity index (χ0) is 22.3. The first-order valence-electron chi connectivity index (χ1n) is 10.5. The minimum Gasteiger partial charge on any atom is -0.497 e. The summed E-state index contributed by atoms with van der Waals surface area (Å²) in [4.78, 5) is 12.8. The number of benzene rings is 3. The van der Waals surface area contributed by atoms with Gasteiger partial charge in [0.25, 0.3) is 5.91 Å². The van der Waals surface area contributed by atoms with Gasteiger partial charge < -0.3 is 24.5 Å². The van der Waals surface area contributed by atoms with Gasteiger partial charge in [0, 0.05) is 17.6 Å². The second-order valence-electron chi connectivity index (χ2n) is 7.38. The second kappa shape index (κ2) is 10.0. The lowest BCUT2D eigenvalue weighted by Gasteiger charge is -2.08. The van der Waals surface area contributed by atoms with E-state index in [1.165, 1.54) is 5.56 Å². The van der Waals surface area contributed by atoms with Crippen molar-refractivity contribution in [3.05, 3.63) is 89.7 Å². The fourth-order valence-corrected chi connectivity index (χ4v) is 3.55. The Morgan fingerprint density at radius 1 is 0.938 bits per heavy atom. The average Bonchev–Trinajstić information content (AvgIpc) is 3.29. The zero-order valence-corrected chi connectivity index (χ0v) is 18.2. The summed E-state index contributed by atoms with van der Waals surface area (Å²) in [6.07, 6.45) is 0.945. The number of hydrogen-bond donors (Lipinski definition) is 2. The summed E-state index contributed by atoms with van der Waals surface area (Å²) < 4.78 is 16.5. The van der Waals surface area contributed by atoms with Crippen molar-refractivity contribution in [2.24, 2.45) is 0 Å². The van der Waals surface area contributed by atoms with Crippen molar-refractivity contribution in [2.45, 2.75) is 13.0 Å². The third-order valence-corrected chi connectivity index (χ3v) is 5.28. The first-order chi connectivity index (χ1) is 15.7. The lowest BCUT2D eigenvalue weighted by Crippen LogP contribution is -2.16. The Morgan fingerprint density at radius 2 is 1.72 bits per heavy atom. The summed E-state index contributed by atoms with van der Waals surface area (Å²) in [5.41, 5.74) is 3.56. The van der Waals surface area contributed by atoms with Crippen molar-refractivity contribution < 1.29 is 18.7 Å². The summed E-state index contributed by atoms with van der Waals surface area (Å²) >= 11 is 0. The van der Waals surface area contributed by atoms with Gasteiger partial charge in [-0.1, -0.05) is 36.4 Å². The maximum absolute atomic E-state index is 12.8. The SMILES string of the molecule is COc1ccc(NC(=O)c2cc3c(CNCCc4ccccc4)ccc(OC)c3o2)cc1. The molecule has 6 nitrogen and oxygen atoms in total. The van der Waals surface area contributed by atoms with Gasteiger partial charge in [-0.05, 0) is 60.5 Å². The van der Waals surface area contributed by atoms with Crippen LogP contribution in [0.4, 0.5) is 5.69 Å². The van der Waals surface area contributed by atoms with E-state index in [0.29, 0.717) is 23.6 Å². The zero-order valence-electron chi connectivity index (χ0n) is 18.2. The highest BCUT2D eigenvalue weighted by atomic mass is 16.5. The van der Waals surface area contributed by atoms with Crippen molar-refractivity contribution in [1.82, 2.24) is 5.32 Å². The van der Waals surface area contributed by atoms with E-state index in [9.17, 15) is 4.79 Å². The molecule has 0 radical (unpaired) electrons. The number of anilines is 1. The van der Waals surface area contributed by atoms with Gasteiger partial charge in [-0.25, -0.2) is 0 Å². The van der Waals surface area contributed by atoms with Crippen LogP contribution in [-0.2, 0) is 13.0 Å². The van der Waals surface area contributed by atoms with Crippen LogP contribution in [-0.4, -0.2) is 26.7 Å². The maximum Gasteiger partial charge on any atom is 0.291 e. The van der Waals surface area contributed by atoms with E-state index in [1.54, 1.807) is 44.6 Å². The monoisotopic (exact) mass is 430 g/mol. The van der Waals surface area contributed by atoms with Crippen molar-refractivity contribution >= 4 is 22.6 Å². The molecule has 0 saturated heterocycles. The number of hydrogen-bond acceptors (Lipinski definition) is 5. The lowest BCUT2D eigenvalue weighted by molar-refractivity contribution is 0.0998. The van der Waals surface area contributed by atoms with Crippen molar-refractivity contribution in [2.75, 3.05) is 26.1 Å². The van der Waals surface area contributed by atoms with E-state index < -0.39 is 0 Å². The molecule has 6 heteroatoms. The molecule has 0 bridgehead atoms. The summed E-state index contributed by atoms with van der Waals surface area (Å²) in [5.74, 6) is 1.22. The van der Waals surface area contributed by atoms with E-state index >= 15 is 0 Å². The van der Waals surface area contributed by atoms with Crippen LogP contribution in [0.2, 0.25) is 0 Å². The lowest BCUT2D eigenvalue weighted by atomic mass is 10.1. The highest BCUT2D eigenvalue weighted by Crippen LogP contribution is 2.32. The molecular weight excluding hydrogens is 404 g/mol. The molecule has 0 aliphatic heterocycles. The Kier molecular flexibility index (Phi) is 6.72. The normalized spacial score (nSPS) is 10.8. The predicted octanol–water partition coefficient (Wildman–Crippen LogP) is 5.03. The number of amides is 1. The molecule has 3 aromatic carbocycles. The molecule has 0 atom stereocenters. The highest BCUT2D eigenvalue weighted by Gasteiger charge is 2.18. The fourth-order valence-electron chi connectivity index (χ4n) is 3.55. The summed E-state index contributed by atoms with van der Waals surface area (Å²) in [6.45, 7) is 1.51. The van der Waals surface area contributed by atoms with E-state index in [2.05, 4.69) is 22.8 Å². The third kappa shape index (κ3) is 4.92. The van der Waals surface area contributed by atoms with Crippen molar-refractivity contribution in [1.29, 1.82) is 0 Å². The minimum atomic E-state index is -0.323. The summed E-state index contributed by atoms with van der Waals surface area (Å²) in [6, 6.07) is 23.1. The van der Waals surface area contributed by atoms with Gasteiger partial charge in [-0.15, -0.1) is 0 Å². The highest BCUT2D eigenvalue weighted by molar-refractivity contribution is 6.05. The Labute approximate surface area is 187 Å². The standard InChI is InChI=1S/C26H26N2O4/c1-30-21-11-9-20(10-12-21)28-26(29)24-16-22-19(8-13-23(31-2)25(22)32-24)17-27-15-14-18-6-4-3-5-7-18/h3-13,16,27H,14-15,17H2,1-2H3,(H,28,29). The summed E-state index contributed by atoms with van der Waals surface area (Å²) in [5, 5.41) is 7.19. The van der Waals surface area contributed by atoms with Crippen LogP contribution in [0.5, 0.6) is 11.5 Å². The molecule has 4 aromatic rings. The van der Waals surface area contributed by atoms with E-state index in [4.69, 9.17) is 13.9 Å².